The maximum absolute atomic E-state index is 5.39. The highest BCUT2D eigenvalue weighted by molar-refractivity contribution is 7.80. The Morgan fingerprint density at radius 1 is 1.39 bits per heavy atom. The van der Waals surface area contributed by atoms with Gasteiger partial charge in [-0.1, -0.05) is 19.1 Å². The van der Waals surface area contributed by atoms with Crippen molar-refractivity contribution in [3.05, 3.63) is 24.3 Å². The number of hydrogen-bond acceptors (Lipinski definition) is 3. The van der Waals surface area contributed by atoms with Crippen LogP contribution in [0.2, 0.25) is 0 Å². The molecule has 1 aliphatic heterocycles. The van der Waals surface area contributed by atoms with Crippen molar-refractivity contribution >= 4 is 23.0 Å². The maximum atomic E-state index is 5.39. The highest BCUT2D eigenvalue weighted by Gasteiger charge is 2.23. The Balaban J connectivity index is 2.21. The quantitative estimate of drug-likeness (QED) is 0.841. The third kappa shape index (κ3) is 2.73. The van der Waals surface area contributed by atoms with E-state index in [1.165, 1.54) is 0 Å². The van der Waals surface area contributed by atoms with Gasteiger partial charge in [0.15, 0.2) is 5.11 Å². The zero-order valence-electron chi connectivity index (χ0n) is 10.8. The zero-order chi connectivity index (χ0) is 13.0. The lowest BCUT2D eigenvalue weighted by Crippen LogP contribution is -2.56. The largest absolute Gasteiger partial charge is 0.495 e. The number of hydrogen-bond donors (Lipinski definition) is 1. The minimum absolute atomic E-state index is 0.756. The third-order valence-corrected chi connectivity index (χ3v) is 3.32. The number of thiocarbonyl (C=S) groups is 1. The summed E-state index contributed by atoms with van der Waals surface area (Å²) < 4.78 is 5.39. The molecule has 1 fully saturated rings. The van der Waals surface area contributed by atoms with E-state index in [2.05, 4.69) is 22.0 Å². The second kappa shape index (κ2) is 6.02. The fraction of sp³-hybridized carbons (Fsp3) is 0.462. The van der Waals surface area contributed by atoms with Crippen molar-refractivity contribution in [2.75, 3.05) is 31.9 Å². The topological polar surface area (TPSA) is 27.7 Å². The van der Waals surface area contributed by atoms with Crippen LogP contribution in [0.4, 0.5) is 5.69 Å². The lowest BCUT2D eigenvalue weighted by Gasteiger charge is -2.38. The number of rotatable bonds is 4. The first-order chi connectivity index (χ1) is 8.76. The molecule has 0 aromatic heterocycles. The van der Waals surface area contributed by atoms with Gasteiger partial charge < -0.3 is 15.0 Å². The molecule has 0 unspecified atom stereocenters. The van der Waals surface area contributed by atoms with Crippen LogP contribution in [0, 0.1) is 0 Å². The average molecular weight is 265 g/mol. The molecule has 0 radical (unpaired) electrons. The third-order valence-electron chi connectivity index (χ3n) is 2.96. The molecule has 0 atom stereocenters. The van der Waals surface area contributed by atoms with Gasteiger partial charge in [0.25, 0.3) is 0 Å². The van der Waals surface area contributed by atoms with E-state index in [1.807, 2.05) is 24.3 Å². The lowest BCUT2D eigenvalue weighted by molar-refractivity contribution is 0.261. The maximum Gasteiger partial charge on any atom is 0.175 e. The van der Waals surface area contributed by atoms with Crippen LogP contribution in [0.5, 0.6) is 5.75 Å². The Kier molecular flexibility index (Phi) is 4.38. The van der Waals surface area contributed by atoms with E-state index < -0.39 is 0 Å². The Morgan fingerprint density at radius 2 is 2.17 bits per heavy atom. The number of nitrogens with one attached hydrogen (secondary N) is 1. The van der Waals surface area contributed by atoms with Gasteiger partial charge in [-0.05, 0) is 30.8 Å². The molecule has 1 heterocycles. The van der Waals surface area contributed by atoms with Crippen molar-refractivity contribution in [2.45, 2.75) is 13.3 Å². The van der Waals surface area contributed by atoms with Gasteiger partial charge in [0, 0.05) is 6.54 Å². The Hall–Kier alpha value is -1.33. The highest BCUT2D eigenvalue weighted by Crippen LogP contribution is 2.28. The number of nitrogens with zero attached hydrogens (tertiary/aromatic N) is 2. The Labute approximate surface area is 114 Å². The van der Waals surface area contributed by atoms with E-state index in [1.54, 1.807) is 7.11 Å². The zero-order valence-corrected chi connectivity index (χ0v) is 11.7. The molecule has 1 saturated heterocycles. The molecule has 1 aliphatic rings. The molecule has 1 aromatic rings. The normalized spacial score (nSPS) is 16.6. The molecule has 0 saturated carbocycles. The van der Waals surface area contributed by atoms with Crippen LogP contribution in [-0.4, -0.2) is 37.0 Å². The van der Waals surface area contributed by atoms with Gasteiger partial charge in [-0.15, -0.1) is 0 Å². The summed E-state index contributed by atoms with van der Waals surface area (Å²) in [4.78, 5) is 4.40. The van der Waals surface area contributed by atoms with Crippen molar-refractivity contribution in [2.24, 2.45) is 0 Å². The summed E-state index contributed by atoms with van der Waals surface area (Å²) in [7, 11) is 1.68. The first kappa shape index (κ1) is 13.1. The summed E-state index contributed by atoms with van der Waals surface area (Å²) in [5, 5.41) is 4.00. The van der Waals surface area contributed by atoms with E-state index in [4.69, 9.17) is 17.0 Å². The average Bonchev–Trinajstić information content (AvgIpc) is 2.41. The predicted octanol–water partition coefficient (Wildman–Crippen LogP) is 2.02. The fourth-order valence-corrected chi connectivity index (χ4v) is 2.31. The van der Waals surface area contributed by atoms with Crippen LogP contribution < -0.4 is 15.0 Å². The standard InChI is InChI=1S/C13H19N3OS/c1-3-8-15-9-14-13(18)16(10-15)11-6-4-5-7-12(11)17-2/h4-7H,3,8-10H2,1-2H3,(H,14,18). The van der Waals surface area contributed by atoms with Gasteiger partial charge in [0.2, 0.25) is 0 Å². The van der Waals surface area contributed by atoms with E-state index in [9.17, 15) is 0 Å². The van der Waals surface area contributed by atoms with Gasteiger partial charge in [-0.3, -0.25) is 4.90 Å². The second-order valence-electron chi connectivity index (χ2n) is 4.28. The molecule has 0 aliphatic carbocycles. The summed E-state index contributed by atoms with van der Waals surface area (Å²) in [5.41, 5.74) is 1.01. The van der Waals surface area contributed by atoms with E-state index in [0.717, 1.165) is 42.9 Å². The summed E-state index contributed by atoms with van der Waals surface area (Å²) >= 11 is 5.39. The van der Waals surface area contributed by atoms with Gasteiger partial charge >= 0.3 is 0 Å². The van der Waals surface area contributed by atoms with Crippen LogP contribution in [0.1, 0.15) is 13.3 Å². The van der Waals surface area contributed by atoms with Crippen LogP contribution in [0.3, 0.4) is 0 Å². The molecule has 5 heteroatoms. The van der Waals surface area contributed by atoms with E-state index in [0.29, 0.717) is 0 Å². The smallest absolute Gasteiger partial charge is 0.175 e. The number of benzene rings is 1. The van der Waals surface area contributed by atoms with Crippen molar-refractivity contribution in [3.8, 4) is 5.75 Å². The molecule has 98 valence electrons. The van der Waals surface area contributed by atoms with Gasteiger partial charge in [0.1, 0.15) is 5.75 Å². The predicted molar refractivity (Wildman–Crippen MR) is 77.9 cm³/mol. The van der Waals surface area contributed by atoms with Crippen LogP contribution in [-0.2, 0) is 0 Å². The second-order valence-corrected chi connectivity index (χ2v) is 4.66. The lowest BCUT2D eigenvalue weighted by atomic mass is 10.2. The van der Waals surface area contributed by atoms with Crippen molar-refractivity contribution in [3.63, 3.8) is 0 Å². The first-order valence-corrected chi connectivity index (χ1v) is 6.57. The summed E-state index contributed by atoms with van der Waals surface area (Å²) in [6.45, 7) is 4.86. The van der Waals surface area contributed by atoms with Crippen LogP contribution in [0.15, 0.2) is 24.3 Å². The van der Waals surface area contributed by atoms with E-state index in [-0.39, 0.29) is 0 Å². The molecule has 0 amide bonds. The molecular formula is C13H19N3OS. The van der Waals surface area contributed by atoms with Gasteiger partial charge in [-0.2, -0.15) is 0 Å². The molecule has 1 aromatic carbocycles. The Morgan fingerprint density at radius 3 is 2.89 bits per heavy atom. The van der Waals surface area contributed by atoms with E-state index >= 15 is 0 Å². The van der Waals surface area contributed by atoms with Crippen molar-refractivity contribution in [1.82, 2.24) is 10.2 Å². The number of para-hydroxylation sites is 2. The summed E-state index contributed by atoms with van der Waals surface area (Å²) in [6, 6.07) is 7.95. The number of ether oxygens (including phenoxy) is 1. The minimum Gasteiger partial charge on any atom is -0.495 e. The number of anilines is 1. The molecule has 1 N–H and O–H groups in total. The van der Waals surface area contributed by atoms with Crippen molar-refractivity contribution < 1.29 is 4.74 Å². The Bertz CT molecular complexity index is 424. The highest BCUT2D eigenvalue weighted by atomic mass is 32.1. The fourth-order valence-electron chi connectivity index (χ4n) is 2.09. The number of methoxy groups -OCH3 is 1. The van der Waals surface area contributed by atoms with Crippen LogP contribution in [0.25, 0.3) is 0 Å². The van der Waals surface area contributed by atoms with Gasteiger partial charge in [0.05, 0.1) is 26.1 Å². The molecule has 2 rings (SSSR count). The molecule has 0 bridgehead atoms. The van der Waals surface area contributed by atoms with Gasteiger partial charge in [-0.25, -0.2) is 0 Å². The molecule has 0 spiro atoms. The van der Waals surface area contributed by atoms with Crippen molar-refractivity contribution in [1.29, 1.82) is 0 Å². The summed E-state index contributed by atoms with van der Waals surface area (Å²) in [6.07, 6.45) is 1.13. The first-order valence-electron chi connectivity index (χ1n) is 6.17. The monoisotopic (exact) mass is 265 g/mol. The SMILES string of the molecule is CCCN1CNC(=S)N(c2ccccc2OC)C1. The molecule has 18 heavy (non-hydrogen) atoms. The minimum atomic E-state index is 0.756. The van der Waals surface area contributed by atoms with Crippen LogP contribution >= 0.6 is 12.2 Å². The summed E-state index contributed by atoms with van der Waals surface area (Å²) in [5.74, 6) is 0.847. The molecular weight excluding hydrogens is 246 g/mol. The molecule has 4 nitrogen and oxygen atoms in total.